The lowest BCUT2D eigenvalue weighted by Crippen LogP contribution is -2.26. The van der Waals surface area contributed by atoms with Crippen LogP contribution in [0.4, 0.5) is 10.1 Å². The molecule has 1 N–H and O–H groups in total. The third-order valence-corrected chi connectivity index (χ3v) is 5.44. The number of hydrogen-bond donors (Lipinski definition) is 1. The topological polar surface area (TPSA) is 55.4 Å². The second kappa shape index (κ2) is 6.94. The molecule has 1 aliphatic rings. The number of anilines is 1. The lowest BCUT2D eigenvalue weighted by Gasteiger charge is -2.21. The van der Waals surface area contributed by atoms with E-state index in [1.54, 1.807) is 24.3 Å². The van der Waals surface area contributed by atoms with Gasteiger partial charge >= 0.3 is 5.97 Å². The van der Waals surface area contributed by atoms with Crippen molar-refractivity contribution in [3.8, 4) is 0 Å². The summed E-state index contributed by atoms with van der Waals surface area (Å²) < 4.78 is 18.9. The van der Waals surface area contributed by atoms with Crippen LogP contribution >= 0.6 is 27.7 Å². The summed E-state index contributed by atoms with van der Waals surface area (Å²) in [6, 6.07) is 9.24. The van der Waals surface area contributed by atoms with Crippen molar-refractivity contribution in [2.24, 2.45) is 0 Å². The van der Waals surface area contributed by atoms with E-state index >= 15 is 0 Å². The molecule has 0 radical (unpaired) electrons. The van der Waals surface area contributed by atoms with Gasteiger partial charge in [-0.25, -0.2) is 9.18 Å². The zero-order chi connectivity index (χ0) is 17.3. The minimum absolute atomic E-state index is 0.0227. The van der Waals surface area contributed by atoms with Gasteiger partial charge < -0.3 is 10.1 Å². The Morgan fingerprint density at radius 3 is 2.88 bits per heavy atom. The number of ether oxygens (including phenoxy) is 1. The maximum Gasteiger partial charge on any atom is 0.338 e. The SMILES string of the molecule is C[C@H]1Sc2ccc(C(=O)OCc3ccc(F)cc3Br)cc2NC1=O. The van der Waals surface area contributed by atoms with Crippen molar-refractivity contribution in [2.75, 3.05) is 5.32 Å². The third-order valence-electron chi connectivity index (χ3n) is 3.52. The first-order chi connectivity index (χ1) is 11.4. The standard InChI is InChI=1S/C17H13BrFNO3S/c1-9-16(21)20-14-6-10(3-5-15(14)24-9)17(22)23-8-11-2-4-12(19)7-13(11)18/h2-7,9H,8H2,1H3,(H,20,21)/t9-/m1/s1. The fourth-order valence-corrected chi connectivity index (χ4v) is 3.60. The highest BCUT2D eigenvalue weighted by molar-refractivity contribution is 9.10. The Kier molecular flexibility index (Phi) is 4.91. The number of hydrogen-bond acceptors (Lipinski definition) is 4. The van der Waals surface area contributed by atoms with Crippen LogP contribution in [0.3, 0.4) is 0 Å². The number of rotatable bonds is 3. The summed E-state index contributed by atoms with van der Waals surface area (Å²) in [6.07, 6.45) is 0. The highest BCUT2D eigenvalue weighted by Crippen LogP contribution is 2.36. The summed E-state index contributed by atoms with van der Waals surface area (Å²) in [5, 5.41) is 2.62. The number of amides is 1. The number of benzene rings is 2. The molecular formula is C17H13BrFNO3S. The van der Waals surface area contributed by atoms with Crippen LogP contribution in [0.5, 0.6) is 0 Å². The van der Waals surface area contributed by atoms with E-state index in [-0.39, 0.29) is 23.6 Å². The monoisotopic (exact) mass is 409 g/mol. The number of carbonyl (C=O) groups is 2. The van der Waals surface area contributed by atoms with Gasteiger partial charge in [-0.05, 0) is 37.3 Å². The molecule has 24 heavy (non-hydrogen) atoms. The number of esters is 1. The summed E-state index contributed by atoms with van der Waals surface area (Å²) in [7, 11) is 0. The van der Waals surface area contributed by atoms with E-state index in [4.69, 9.17) is 4.74 Å². The fourth-order valence-electron chi connectivity index (χ4n) is 2.20. The molecule has 1 heterocycles. The molecule has 0 fully saturated rings. The number of nitrogens with one attached hydrogen (secondary N) is 1. The summed E-state index contributed by atoms with van der Waals surface area (Å²) >= 11 is 4.68. The predicted octanol–water partition coefficient (Wildman–Crippen LogP) is 4.38. The Bertz CT molecular complexity index is 827. The lowest BCUT2D eigenvalue weighted by atomic mass is 10.2. The minimum atomic E-state index is -0.508. The molecule has 124 valence electrons. The fraction of sp³-hybridized carbons (Fsp3) is 0.176. The maximum absolute atomic E-state index is 13.1. The van der Waals surface area contributed by atoms with Gasteiger partial charge in [-0.3, -0.25) is 4.79 Å². The molecule has 0 saturated carbocycles. The maximum atomic E-state index is 13.1. The Hall–Kier alpha value is -1.86. The average Bonchev–Trinajstić information content (AvgIpc) is 2.54. The van der Waals surface area contributed by atoms with Crippen molar-refractivity contribution < 1.29 is 18.7 Å². The van der Waals surface area contributed by atoms with E-state index in [1.807, 2.05) is 6.92 Å². The largest absolute Gasteiger partial charge is 0.457 e. The van der Waals surface area contributed by atoms with E-state index in [1.165, 1.54) is 23.9 Å². The molecule has 7 heteroatoms. The molecule has 0 spiro atoms. The van der Waals surface area contributed by atoms with Crippen LogP contribution in [-0.2, 0) is 16.1 Å². The quantitative estimate of drug-likeness (QED) is 0.764. The molecule has 1 amide bonds. The van der Waals surface area contributed by atoms with Crippen molar-refractivity contribution in [3.63, 3.8) is 0 Å². The van der Waals surface area contributed by atoms with Crippen molar-refractivity contribution in [2.45, 2.75) is 23.7 Å². The molecular weight excluding hydrogens is 397 g/mol. The van der Waals surface area contributed by atoms with Crippen molar-refractivity contribution in [1.29, 1.82) is 0 Å². The molecule has 2 aromatic carbocycles. The van der Waals surface area contributed by atoms with Gasteiger partial charge in [0.1, 0.15) is 12.4 Å². The number of halogens is 2. The Morgan fingerprint density at radius 1 is 1.33 bits per heavy atom. The molecule has 4 nitrogen and oxygen atoms in total. The first kappa shape index (κ1) is 17.0. The van der Waals surface area contributed by atoms with Crippen LogP contribution in [0.25, 0.3) is 0 Å². The van der Waals surface area contributed by atoms with Crippen LogP contribution in [0.2, 0.25) is 0 Å². The van der Waals surface area contributed by atoms with Crippen molar-refractivity contribution >= 4 is 45.3 Å². The molecule has 0 saturated heterocycles. The molecule has 3 rings (SSSR count). The van der Waals surface area contributed by atoms with E-state index < -0.39 is 5.97 Å². The van der Waals surface area contributed by atoms with E-state index in [9.17, 15) is 14.0 Å². The molecule has 2 aromatic rings. The van der Waals surface area contributed by atoms with Gasteiger partial charge in [-0.1, -0.05) is 22.0 Å². The lowest BCUT2D eigenvalue weighted by molar-refractivity contribution is -0.115. The van der Waals surface area contributed by atoms with E-state index in [2.05, 4.69) is 21.2 Å². The zero-order valence-corrected chi connectivity index (χ0v) is 15.0. The average molecular weight is 410 g/mol. The highest BCUT2D eigenvalue weighted by Gasteiger charge is 2.24. The van der Waals surface area contributed by atoms with Crippen LogP contribution in [0.1, 0.15) is 22.8 Å². The second-order valence-corrected chi connectivity index (χ2v) is 7.51. The third kappa shape index (κ3) is 3.62. The van der Waals surface area contributed by atoms with Gasteiger partial charge in [0.25, 0.3) is 0 Å². The second-order valence-electron chi connectivity index (χ2n) is 5.27. The highest BCUT2D eigenvalue weighted by atomic mass is 79.9. The first-order valence-corrected chi connectivity index (χ1v) is 8.84. The number of thioether (sulfide) groups is 1. The Labute approximate surface area is 150 Å². The number of fused-ring (bicyclic) bond motifs is 1. The van der Waals surface area contributed by atoms with E-state index in [0.717, 1.165) is 4.90 Å². The summed E-state index contributed by atoms with van der Waals surface area (Å²) in [5.41, 5.74) is 1.63. The van der Waals surface area contributed by atoms with Gasteiger partial charge in [-0.2, -0.15) is 0 Å². The molecule has 1 aliphatic heterocycles. The molecule has 0 bridgehead atoms. The van der Waals surface area contributed by atoms with Gasteiger partial charge in [0.05, 0.1) is 16.5 Å². The Balaban J connectivity index is 1.72. The predicted molar refractivity (Wildman–Crippen MR) is 93.6 cm³/mol. The summed E-state index contributed by atoms with van der Waals surface area (Å²) in [4.78, 5) is 24.8. The van der Waals surface area contributed by atoms with Crippen molar-refractivity contribution in [1.82, 2.24) is 0 Å². The summed E-state index contributed by atoms with van der Waals surface area (Å²) in [6.45, 7) is 1.85. The molecule has 0 aromatic heterocycles. The van der Waals surface area contributed by atoms with Crippen LogP contribution < -0.4 is 5.32 Å². The smallest absolute Gasteiger partial charge is 0.338 e. The van der Waals surface area contributed by atoms with Gasteiger partial charge in [0.15, 0.2) is 0 Å². The van der Waals surface area contributed by atoms with E-state index in [0.29, 0.717) is 21.3 Å². The minimum Gasteiger partial charge on any atom is -0.457 e. The number of carbonyl (C=O) groups excluding carboxylic acids is 2. The van der Waals surface area contributed by atoms with Crippen LogP contribution in [-0.4, -0.2) is 17.1 Å². The molecule has 1 atom stereocenters. The van der Waals surface area contributed by atoms with Gasteiger partial charge in [0, 0.05) is 14.9 Å². The van der Waals surface area contributed by atoms with Gasteiger partial charge in [-0.15, -0.1) is 11.8 Å². The summed E-state index contributed by atoms with van der Waals surface area (Å²) in [5.74, 6) is -0.964. The van der Waals surface area contributed by atoms with Crippen LogP contribution in [0.15, 0.2) is 45.8 Å². The zero-order valence-electron chi connectivity index (χ0n) is 12.6. The van der Waals surface area contributed by atoms with Crippen molar-refractivity contribution in [3.05, 3.63) is 57.8 Å². The van der Waals surface area contributed by atoms with Crippen LogP contribution in [0, 0.1) is 5.82 Å². The first-order valence-electron chi connectivity index (χ1n) is 7.16. The van der Waals surface area contributed by atoms with Gasteiger partial charge in [0.2, 0.25) is 5.91 Å². The Morgan fingerprint density at radius 2 is 2.12 bits per heavy atom. The molecule has 0 unspecified atom stereocenters. The normalized spacial score (nSPS) is 16.3. The molecule has 0 aliphatic carbocycles.